The molecular formula is C47H31N3O. The molecule has 0 aliphatic heterocycles. The number of nitrogens with zero attached hydrogens (tertiary/aromatic N) is 3. The van der Waals surface area contributed by atoms with E-state index in [9.17, 15) is 0 Å². The summed E-state index contributed by atoms with van der Waals surface area (Å²) >= 11 is 0. The van der Waals surface area contributed by atoms with Crippen LogP contribution in [0.4, 0.5) is 0 Å². The summed E-state index contributed by atoms with van der Waals surface area (Å²) in [5.74, 6) is 0.591. The van der Waals surface area contributed by atoms with Crippen molar-refractivity contribution in [1.29, 1.82) is 0 Å². The Hall–Kier alpha value is -6.91. The van der Waals surface area contributed by atoms with Crippen molar-refractivity contribution in [3.8, 4) is 78.2 Å². The molecule has 9 rings (SSSR count). The Morgan fingerprint density at radius 3 is 1.24 bits per heavy atom. The molecule has 0 aliphatic carbocycles. The van der Waals surface area contributed by atoms with Crippen molar-refractivity contribution in [2.45, 2.75) is 0 Å². The number of oxazole rings is 1. The third-order valence-corrected chi connectivity index (χ3v) is 9.36. The van der Waals surface area contributed by atoms with E-state index in [4.69, 9.17) is 9.40 Å². The van der Waals surface area contributed by atoms with Gasteiger partial charge in [-0.05, 0) is 97.6 Å². The molecule has 3 heterocycles. The van der Waals surface area contributed by atoms with Crippen molar-refractivity contribution in [2.24, 2.45) is 0 Å². The van der Waals surface area contributed by atoms with Crippen LogP contribution in [0.1, 0.15) is 0 Å². The fourth-order valence-corrected chi connectivity index (χ4v) is 6.60. The predicted octanol–water partition coefficient (Wildman–Crippen LogP) is 12.3. The smallest absolute Gasteiger partial charge is 0.227 e. The first-order chi connectivity index (χ1) is 25.2. The van der Waals surface area contributed by atoms with E-state index in [2.05, 4.69) is 156 Å². The first kappa shape index (κ1) is 30.2. The van der Waals surface area contributed by atoms with Crippen molar-refractivity contribution < 1.29 is 4.42 Å². The minimum Gasteiger partial charge on any atom is -0.436 e. The Morgan fingerprint density at radius 1 is 0.333 bits per heavy atom. The predicted molar refractivity (Wildman–Crippen MR) is 208 cm³/mol. The monoisotopic (exact) mass is 653 g/mol. The second-order valence-corrected chi connectivity index (χ2v) is 12.5. The molecule has 0 spiro atoms. The molecule has 0 unspecified atom stereocenters. The highest BCUT2D eigenvalue weighted by molar-refractivity contribution is 5.96. The lowest BCUT2D eigenvalue weighted by Gasteiger charge is -2.09. The maximum atomic E-state index is 6.55. The molecule has 4 heteroatoms. The lowest BCUT2D eigenvalue weighted by molar-refractivity contribution is 0.620. The lowest BCUT2D eigenvalue weighted by Crippen LogP contribution is -1.86. The van der Waals surface area contributed by atoms with Crippen LogP contribution in [0.5, 0.6) is 0 Å². The zero-order valence-corrected chi connectivity index (χ0v) is 27.6. The molecule has 6 aromatic carbocycles. The molecule has 0 radical (unpaired) electrons. The molecule has 4 nitrogen and oxygen atoms in total. The summed E-state index contributed by atoms with van der Waals surface area (Å²) in [5, 5.41) is 0. The summed E-state index contributed by atoms with van der Waals surface area (Å²) in [7, 11) is 0. The van der Waals surface area contributed by atoms with Gasteiger partial charge >= 0.3 is 0 Å². The van der Waals surface area contributed by atoms with Gasteiger partial charge in [-0.3, -0.25) is 9.97 Å². The maximum absolute atomic E-state index is 6.55. The van der Waals surface area contributed by atoms with Crippen LogP contribution in [-0.4, -0.2) is 15.0 Å². The fourth-order valence-electron chi connectivity index (χ4n) is 6.60. The molecule has 9 aromatic rings. The Balaban J connectivity index is 1.08. The van der Waals surface area contributed by atoms with E-state index in [0.29, 0.717) is 5.89 Å². The van der Waals surface area contributed by atoms with Gasteiger partial charge < -0.3 is 4.42 Å². The summed E-state index contributed by atoms with van der Waals surface area (Å²) in [4.78, 5) is 13.6. The molecule has 0 bridgehead atoms. The molecule has 3 aromatic heterocycles. The molecule has 0 N–H and O–H groups in total. The van der Waals surface area contributed by atoms with Gasteiger partial charge in [0.1, 0.15) is 5.52 Å². The molecular weight excluding hydrogens is 623 g/mol. The number of aromatic nitrogens is 3. The van der Waals surface area contributed by atoms with Gasteiger partial charge in [-0.2, -0.15) is 0 Å². The van der Waals surface area contributed by atoms with Crippen molar-refractivity contribution in [3.63, 3.8) is 0 Å². The third-order valence-electron chi connectivity index (χ3n) is 9.36. The molecule has 0 fully saturated rings. The van der Waals surface area contributed by atoms with Crippen LogP contribution in [0, 0.1) is 0 Å². The first-order valence-corrected chi connectivity index (χ1v) is 17.0. The van der Waals surface area contributed by atoms with Gasteiger partial charge in [0.15, 0.2) is 5.58 Å². The van der Waals surface area contributed by atoms with Crippen LogP contribution >= 0.6 is 0 Å². The van der Waals surface area contributed by atoms with E-state index in [1.54, 1.807) is 12.4 Å². The van der Waals surface area contributed by atoms with Gasteiger partial charge in [0, 0.05) is 35.9 Å². The second kappa shape index (κ2) is 13.2. The lowest BCUT2D eigenvalue weighted by atomic mass is 9.95. The zero-order chi connectivity index (χ0) is 34.0. The normalized spacial score (nSPS) is 11.1. The highest BCUT2D eigenvalue weighted by atomic mass is 16.3. The van der Waals surface area contributed by atoms with Crippen LogP contribution < -0.4 is 0 Å². The average Bonchev–Trinajstić information content (AvgIpc) is 3.66. The Morgan fingerprint density at radius 2 is 0.745 bits per heavy atom. The minimum absolute atomic E-state index is 0.591. The maximum Gasteiger partial charge on any atom is 0.227 e. The van der Waals surface area contributed by atoms with E-state index in [-0.39, 0.29) is 0 Å². The number of hydrogen-bond acceptors (Lipinski definition) is 4. The van der Waals surface area contributed by atoms with Gasteiger partial charge in [0.25, 0.3) is 0 Å². The number of rotatable bonds is 7. The number of benzene rings is 6. The third kappa shape index (κ3) is 6.11. The van der Waals surface area contributed by atoms with E-state index in [1.807, 2.05) is 30.6 Å². The van der Waals surface area contributed by atoms with Crippen molar-refractivity contribution in [3.05, 3.63) is 189 Å². The Bertz CT molecular complexity index is 2560. The number of fused-ring (bicyclic) bond motifs is 1. The SMILES string of the molecule is c1ccc(-c2ccc(-c3cc(-c4ccc(-c5cccnc5)cc4)c4nc(-c5ccc(-c6ccc(-c7cccnc7)cc6)cc5)oc4c3)cc2)cc1. The van der Waals surface area contributed by atoms with Crippen LogP contribution in [-0.2, 0) is 0 Å². The average molecular weight is 654 g/mol. The Kier molecular flexibility index (Phi) is 7.80. The van der Waals surface area contributed by atoms with Gasteiger partial charge in [-0.15, -0.1) is 0 Å². The number of pyridine rings is 2. The van der Waals surface area contributed by atoms with E-state index >= 15 is 0 Å². The van der Waals surface area contributed by atoms with Crippen LogP contribution in [0.2, 0.25) is 0 Å². The molecule has 0 saturated carbocycles. The number of hydrogen-bond donors (Lipinski definition) is 0. The van der Waals surface area contributed by atoms with Gasteiger partial charge in [0.2, 0.25) is 5.89 Å². The summed E-state index contributed by atoms with van der Waals surface area (Å²) < 4.78 is 6.55. The summed E-state index contributed by atoms with van der Waals surface area (Å²) in [6, 6.07) is 57.2. The highest BCUT2D eigenvalue weighted by Crippen LogP contribution is 2.38. The van der Waals surface area contributed by atoms with Crippen molar-refractivity contribution >= 4 is 11.1 Å². The van der Waals surface area contributed by atoms with Crippen LogP contribution in [0.15, 0.2) is 193 Å². The zero-order valence-electron chi connectivity index (χ0n) is 27.6. The van der Waals surface area contributed by atoms with E-state index in [1.165, 1.54) is 11.1 Å². The topological polar surface area (TPSA) is 51.8 Å². The van der Waals surface area contributed by atoms with Gasteiger partial charge in [-0.25, -0.2) is 4.98 Å². The summed E-state index contributed by atoms with van der Waals surface area (Å²) in [6.45, 7) is 0. The summed E-state index contributed by atoms with van der Waals surface area (Å²) in [6.07, 6.45) is 7.36. The minimum atomic E-state index is 0.591. The van der Waals surface area contributed by atoms with Gasteiger partial charge in [0.05, 0.1) is 0 Å². The second-order valence-electron chi connectivity index (χ2n) is 12.5. The molecule has 0 saturated heterocycles. The first-order valence-electron chi connectivity index (χ1n) is 17.0. The molecule has 0 atom stereocenters. The van der Waals surface area contributed by atoms with Crippen molar-refractivity contribution in [1.82, 2.24) is 15.0 Å². The van der Waals surface area contributed by atoms with E-state index < -0.39 is 0 Å². The van der Waals surface area contributed by atoms with Gasteiger partial charge in [-0.1, -0.05) is 127 Å². The van der Waals surface area contributed by atoms with Crippen LogP contribution in [0.25, 0.3) is 89.3 Å². The summed E-state index contributed by atoms with van der Waals surface area (Å²) in [5.41, 5.74) is 15.9. The van der Waals surface area contributed by atoms with E-state index in [0.717, 1.165) is 72.3 Å². The molecule has 0 amide bonds. The quantitative estimate of drug-likeness (QED) is 0.172. The van der Waals surface area contributed by atoms with Crippen molar-refractivity contribution in [2.75, 3.05) is 0 Å². The molecule has 0 aliphatic rings. The largest absolute Gasteiger partial charge is 0.436 e. The highest BCUT2D eigenvalue weighted by Gasteiger charge is 2.16. The van der Waals surface area contributed by atoms with Crippen LogP contribution in [0.3, 0.4) is 0 Å². The standard InChI is InChI=1S/C47H31N3O/c1-2-6-32(7-3-1)33-12-16-38(17-13-33)43-28-44(39-22-18-37(19-23-39)42-9-5-27-49-31-42)46-45(29-43)51-47(50-46)40-24-20-35(21-25-40)34-10-14-36(15-11-34)41-8-4-26-48-30-41/h1-31H. The Labute approximate surface area is 296 Å². The molecule has 240 valence electrons. The molecule has 51 heavy (non-hydrogen) atoms. The fraction of sp³-hybridized carbons (Fsp3) is 0.